The Morgan fingerprint density at radius 1 is 1.31 bits per heavy atom. The normalized spacial score (nSPS) is 11.9. The Bertz CT molecular complexity index is 636. The highest BCUT2D eigenvalue weighted by molar-refractivity contribution is 7.15. The van der Waals surface area contributed by atoms with Gasteiger partial charge in [-0.05, 0) is 26.2 Å². The molecule has 16 heavy (non-hydrogen) atoms. The second-order valence-electron chi connectivity index (χ2n) is 4.18. The fourth-order valence-corrected chi connectivity index (χ4v) is 2.86. The average Bonchev–Trinajstić information content (AvgIpc) is 2.77. The Labute approximate surface area is 97.9 Å². The molecule has 0 spiro atoms. The summed E-state index contributed by atoms with van der Waals surface area (Å²) >= 11 is 1.71. The lowest BCUT2D eigenvalue weighted by Crippen LogP contribution is -2.12. The molecule has 0 unspecified atom stereocenters. The highest BCUT2D eigenvalue weighted by Gasteiger charge is 2.10. The Morgan fingerprint density at radius 3 is 2.94 bits per heavy atom. The summed E-state index contributed by atoms with van der Waals surface area (Å²) in [6.07, 6.45) is 0. The van der Waals surface area contributed by atoms with Crippen LogP contribution in [0.4, 0.5) is 0 Å². The Hall–Kier alpha value is -1.39. The molecule has 4 heteroatoms. The van der Waals surface area contributed by atoms with E-state index in [2.05, 4.69) is 52.0 Å². The molecule has 3 aromatic rings. The van der Waals surface area contributed by atoms with E-state index < -0.39 is 0 Å². The van der Waals surface area contributed by atoms with Crippen LogP contribution >= 0.6 is 11.3 Å². The highest BCUT2D eigenvalue weighted by Crippen LogP contribution is 2.23. The third-order valence-corrected chi connectivity index (χ3v) is 3.47. The van der Waals surface area contributed by atoms with E-state index in [0.717, 1.165) is 17.0 Å². The highest BCUT2D eigenvalue weighted by atomic mass is 32.1. The molecule has 0 N–H and O–H groups in total. The monoisotopic (exact) mass is 231 g/mol. The average molecular weight is 231 g/mol. The number of imidazole rings is 1. The Morgan fingerprint density at radius 2 is 2.12 bits per heavy atom. The van der Waals surface area contributed by atoms with Crippen LogP contribution < -0.4 is 0 Å². The number of benzene rings is 1. The lowest BCUT2D eigenvalue weighted by Gasteiger charge is -2.08. The van der Waals surface area contributed by atoms with Crippen LogP contribution in [-0.2, 0) is 6.54 Å². The van der Waals surface area contributed by atoms with Crippen molar-refractivity contribution in [2.75, 3.05) is 14.1 Å². The van der Waals surface area contributed by atoms with Gasteiger partial charge in [0.25, 0.3) is 0 Å². The molecule has 0 amide bonds. The van der Waals surface area contributed by atoms with Crippen LogP contribution in [0.25, 0.3) is 16.0 Å². The van der Waals surface area contributed by atoms with E-state index in [1.165, 1.54) is 11.2 Å². The molecule has 0 saturated heterocycles. The smallest absolute Gasteiger partial charge is 0.194 e. The number of fused-ring (bicyclic) bond motifs is 3. The Balaban J connectivity index is 2.30. The molecule has 3 nitrogen and oxygen atoms in total. The van der Waals surface area contributed by atoms with E-state index in [0.29, 0.717) is 0 Å². The number of nitrogens with zero attached hydrogens (tertiary/aromatic N) is 3. The predicted molar refractivity (Wildman–Crippen MR) is 68.0 cm³/mol. The first-order chi connectivity index (χ1) is 7.75. The fourth-order valence-electron chi connectivity index (χ4n) is 1.97. The minimum atomic E-state index is 0.945. The van der Waals surface area contributed by atoms with Gasteiger partial charge < -0.3 is 4.90 Å². The minimum absolute atomic E-state index is 0.945. The summed E-state index contributed by atoms with van der Waals surface area (Å²) in [6.45, 7) is 0.945. The molecule has 0 fully saturated rings. The standard InChI is InChI=1S/C12H13N3S/c1-14(2)7-9-8-16-12-13-10-5-3-4-6-11(10)15(9)12/h3-6,8H,7H2,1-2H3. The van der Waals surface area contributed by atoms with Crippen molar-refractivity contribution in [3.05, 3.63) is 35.3 Å². The predicted octanol–water partition coefficient (Wildman–Crippen LogP) is 2.61. The number of rotatable bonds is 2. The summed E-state index contributed by atoms with van der Waals surface area (Å²) < 4.78 is 2.25. The van der Waals surface area contributed by atoms with Crippen molar-refractivity contribution >= 4 is 27.3 Å². The van der Waals surface area contributed by atoms with E-state index in [-0.39, 0.29) is 0 Å². The number of aromatic nitrogens is 2. The van der Waals surface area contributed by atoms with Gasteiger partial charge in [-0.15, -0.1) is 11.3 Å². The zero-order valence-electron chi connectivity index (χ0n) is 9.34. The van der Waals surface area contributed by atoms with Crippen molar-refractivity contribution in [2.45, 2.75) is 6.54 Å². The summed E-state index contributed by atoms with van der Waals surface area (Å²) in [7, 11) is 4.17. The minimum Gasteiger partial charge on any atom is -0.304 e. The molecule has 2 heterocycles. The maximum atomic E-state index is 4.61. The Kier molecular flexibility index (Phi) is 2.19. The van der Waals surface area contributed by atoms with Gasteiger partial charge >= 0.3 is 0 Å². The van der Waals surface area contributed by atoms with Crippen LogP contribution in [0, 0.1) is 0 Å². The van der Waals surface area contributed by atoms with Gasteiger partial charge in [0.1, 0.15) is 0 Å². The summed E-state index contributed by atoms with van der Waals surface area (Å²) in [5.74, 6) is 0. The van der Waals surface area contributed by atoms with E-state index in [9.17, 15) is 0 Å². The molecular formula is C12H13N3S. The second kappa shape index (κ2) is 3.57. The van der Waals surface area contributed by atoms with Crippen LogP contribution in [-0.4, -0.2) is 28.4 Å². The molecule has 1 aromatic carbocycles. The van der Waals surface area contributed by atoms with Gasteiger partial charge in [-0.1, -0.05) is 12.1 Å². The second-order valence-corrected chi connectivity index (χ2v) is 5.02. The molecule has 2 aromatic heterocycles. The van der Waals surface area contributed by atoms with Crippen LogP contribution in [0.15, 0.2) is 29.6 Å². The molecule has 0 saturated carbocycles. The molecular weight excluding hydrogens is 218 g/mol. The van der Waals surface area contributed by atoms with Crippen molar-refractivity contribution in [3.8, 4) is 0 Å². The molecule has 0 aliphatic heterocycles. The maximum absolute atomic E-state index is 4.61. The first kappa shape index (κ1) is 9.81. The van der Waals surface area contributed by atoms with Crippen molar-refractivity contribution in [1.82, 2.24) is 14.3 Å². The van der Waals surface area contributed by atoms with E-state index in [4.69, 9.17) is 0 Å². The summed E-state index contributed by atoms with van der Waals surface area (Å²) in [5.41, 5.74) is 3.59. The van der Waals surface area contributed by atoms with E-state index in [1.807, 2.05) is 6.07 Å². The number of thiazole rings is 1. The lowest BCUT2D eigenvalue weighted by atomic mass is 10.3. The number of hydrogen-bond donors (Lipinski definition) is 0. The van der Waals surface area contributed by atoms with Gasteiger partial charge in [0.05, 0.1) is 11.0 Å². The third kappa shape index (κ3) is 1.42. The SMILES string of the molecule is CN(C)Cc1csc2nc3ccccc3n12. The van der Waals surface area contributed by atoms with E-state index in [1.54, 1.807) is 11.3 Å². The van der Waals surface area contributed by atoms with E-state index >= 15 is 0 Å². The first-order valence-corrected chi connectivity index (χ1v) is 6.12. The summed E-state index contributed by atoms with van der Waals surface area (Å²) in [5, 5.41) is 2.19. The van der Waals surface area contributed by atoms with Gasteiger partial charge in [-0.25, -0.2) is 4.98 Å². The van der Waals surface area contributed by atoms with Gasteiger partial charge in [-0.2, -0.15) is 0 Å². The van der Waals surface area contributed by atoms with Gasteiger partial charge in [0.2, 0.25) is 0 Å². The molecule has 0 bridgehead atoms. The maximum Gasteiger partial charge on any atom is 0.194 e. The topological polar surface area (TPSA) is 20.5 Å². The van der Waals surface area contributed by atoms with Gasteiger partial charge in [-0.3, -0.25) is 4.40 Å². The van der Waals surface area contributed by atoms with Crippen molar-refractivity contribution in [1.29, 1.82) is 0 Å². The summed E-state index contributed by atoms with van der Waals surface area (Å²) in [4.78, 5) is 7.86. The van der Waals surface area contributed by atoms with Crippen molar-refractivity contribution < 1.29 is 0 Å². The largest absolute Gasteiger partial charge is 0.304 e. The molecule has 0 aliphatic rings. The first-order valence-electron chi connectivity index (χ1n) is 5.24. The fraction of sp³-hybridized carbons (Fsp3) is 0.250. The number of para-hydroxylation sites is 2. The zero-order chi connectivity index (χ0) is 11.1. The third-order valence-electron chi connectivity index (χ3n) is 2.60. The van der Waals surface area contributed by atoms with Crippen LogP contribution in [0.2, 0.25) is 0 Å². The molecule has 0 aliphatic carbocycles. The quantitative estimate of drug-likeness (QED) is 0.676. The van der Waals surface area contributed by atoms with Crippen LogP contribution in [0.1, 0.15) is 5.69 Å². The van der Waals surface area contributed by atoms with Gasteiger partial charge in [0, 0.05) is 17.6 Å². The zero-order valence-corrected chi connectivity index (χ0v) is 10.2. The number of hydrogen-bond acceptors (Lipinski definition) is 3. The van der Waals surface area contributed by atoms with Crippen molar-refractivity contribution in [2.24, 2.45) is 0 Å². The molecule has 3 rings (SSSR count). The lowest BCUT2D eigenvalue weighted by molar-refractivity contribution is 0.396. The van der Waals surface area contributed by atoms with Crippen LogP contribution in [0.5, 0.6) is 0 Å². The molecule has 82 valence electrons. The van der Waals surface area contributed by atoms with Crippen LogP contribution in [0.3, 0.4) is 0 Å². The molecule has 0 radical (unpaired) electrons. The molecule has 0 atom stereocenters. The summed E-state index contributed by atoms with van der Waals surface area (Å²) in [6, 6.07) is 8.29. The van der Waals surface area contributed by atoms with Crippen molar-refractivity contribution in [3.63, 3.8) is 0 Å². The van der Waals surface area contributed by atoms with Gasteiger partial charge in [0.15, 0.2) is 4.96 Å².